The molecular formula is C21H17N2O4S-. The predicted molar refractivity (Wildman–Crippen MR) is 105 cm³/mol. The first-order valence-corrected chi connectivity index (χ1v) is 9.96. The zero-order valence-corrected chi connectivity index (χ0v) is 15.6. The van der Waals surface area contributed by atoms with Crippen molar-refractivity contribution in [1.82, 2.24) is 0 Å². The van der Waals surface area contributed by atoms with Gasteiger partial charge in [-0.1, -0.05) is 36.4 Å². The Kier molecular flexibility index (Phi) is 4.43. The van der Waals surface area contributed by atoms with Gasteiger partial charge in [-0.2, -0.15) is 0 Å². The summed E-state index contributed by atoms with van der Waals surface area (Å²) in [7, 11) is -4.67. The smallest absolute Gasteiger partial charge is 0.135 e. The lowest BCUT2D eigenvalue weighted by Gasteiger charge is -2.23. The molecule has 0 spiro atoms. The first kappa shape index (κ1) is 18.2. The fourth-order valence-corrected chi connectivity index (χ4v) is 4.05. The van der Waals surface area contributed by atoms with Crippen molar-refractivity contribution in [2.24, 2.45) is 11.5 Å². The van der Waals surface area contributed by atoms with Gasteiger partial charge in [0.05, 0.1) is 4.90 Å². The van der Waals surface area contributed by atoms with Crippen LogP contribution in [-0.4, -0.2) is 13.0 Å². The normalized spacial score (nSPS) is 13.6. The second-order valence-corrected chi connectivity index (χ2v) is 7.73. The van der Waals surface area contributed by atoms with Gasteiger partial charge in [0, 0.05) is 34.7 Å². The van der Waals surface area contributed by atoms with E-state index in [4.69, 9.17) is 16.2 Å². The molecular weight excluding hydrogens is 376 g/mol. The van der Waals surface area contributed by atoms with Crippen molar-refractivity contribution in [3.8, 4) is 11.5 Å². The predicted octanol–water partition coefficient (Wildman–Crippen LogP) is 1.10. The molecule has 7 heteroatoms. The third-order valence-electron chi connectivity index (χ3n) is 4.66. The number of benzene rings is 3. The van der Waals surface area contributed by atoms with Crippen LogP contribution in [0.4, 0.5) is 0 Å². The Morgan fingerprint density at radius 3 is 2.46 bits per heavy atom. The van der Waals surface area contributed by atoms with Crippen molar-refractivity contribution in [3.63, 3.8) is 0 Å². The minimum Gasteiger partial charge on any atom is -0.744 e. The minimum absolute atomic E-state index is 0.277. The van der Waals surface area contributed by atoms with E-state index in [1.807, 2.05) is 18.2 Å². The van der Waals surface area contributed by atoms with Gasteiger partial charge >= 0.3 is 0 Å². The first-order valence-electron chi connectivity index (χ1n) is 8.55. The molecule has 0 fully saturated rings. The summed E-state index contributed by atoms with van der Waals surface area (Å²) in [4.78, 5) is -0.277. The Morgan fingerprint density at radius 1 is 0.964 bits per heavy atom. The van der Waals surface area contributed by atoms with Crippen LogP contribution < -0.4 is 26.6 Å². The molecule has 0 aliphatic carbocycles. The average molecular weight is 393 g/mol. The molecule has 4 N–H and O–H groups in total. The number of nitrogens with two attached hydrogens (primary N) is 2. The fraction of sp³-hybridized carbons (Fsp3) is 0.0476. The lowest BCUT2D eigenvalue weighted by Crippen LogP contribution is -2.21. The molecule has 1 aliphatic rings. The van der Waals surface area contributed by atoms with Crippen LogP contribution in [0.1, 0.15) is 16.7 Å². The van der Waals surface area contributed by atoms with Crippen LogP contribution in [0.2, 0.25) is 0 Å². The highest BCUT2D eigenvalue weighted by Gasteiger charge is 2.23. The van der Waals surface area contributed by atoms with Crippen molar-refractivity contribution in [3.05, 3.63) is 87.8 Å². The number of hydrogen-bond acceptors (Lipinski definition) is 6. The van der Waals surface area contributed by atoms with Crippen LogP contribution in [0.15, 0.2) is 65.6 Å². The Morgan fingerprint density at radius 2 is 1.75 bits per heavy atom. The third kappa shape index (κ3) is 3.05. The summed E-state index contributed by atoms with van der Waals surface area (Å²) in [5.41, 5.74) is 13.9. The highest BCUT2D eigenvalue weighted by molar-refractivity contribution is 7.85. The van der Waals surface area contributed by atoms with Gasteiger partial charge in [0.25, 0.3) is 0 Å². The molecule has 1 aliphatic heterocycles. The van der Waals surface area contributed by atoms with E-state index in [0.717, 1.165) is 10.8 Å². The van der Waals surface area contributed by atoms with Crippen LogP contribution in [0.3, 0.4) is 0 Å². The lowest BCUT2D eigenvalue weighted by molar-refractivity contribution is 0.462. The molecule has 4 rings (SSSR count). The standard InChI is InChI=1S/C21H18N2O4S/c22-11-13-5-7-15-18(9-13)27-19-10-14(12-23)6-8-16(19)21(15)17-3-1-2-4-20(17)28(24,25)26/h1-11H,12,22-23H2,(H,24,25,26)/p-1/b13-11+. The monoisotopic (exact) mass is 393 g/mol. The maximum Gasteiger partial charge on any atom is 0.135 e. The van der Waals surface area contributed by atoms with Gasteiger partial charge in [0.2, 0.25) is 0 Å². The van der Waals surface area contributed by atoms with Gasteiger partial charge in [0.1, 0.15) is 21.6 Å². The second kappa shape index (κ2) is 6.79. The van der Waals surface area contributed by atoms with Crippen molar-refractivity contribution in [2.75, 3.05) is 0 Å². The van der Waals surface area contributed by atoms with Gasteiger partial charge in [0.15, 0.2) is 0 Å². The van der Waals surface area contributed by atoms with Crippen LogP contribution in [-0.2, 0) is 16.7 Å². The van der Waals surface area contributed by atoms with Crippen LogP contribution in [0.25, 0.3) is 11.8 Å². The molecule has 1 heterocycles. The topological polar surface area (TPSA) is 118 Å². The molecule has 0 saturated heterocycles. The molecule has 6 nitrogen and oxygen atoms in total. The molecule has 0 amide bonds. The minimum atomic E-state index is -4.67. The van der Waals surface area contributed by atoms with E-state index >= 15 is 0 Å². The van der Waals surface area contributed by atoms with E-state index < -0.39 is 10.1 Å². The highest BCUT2D eigenvalue weighted by Crippen LogP contribution is 2.38. The van der Waals surface area contributed by atoms with E-state index in [1.165, 1.54) is 18.3 Å². The first-order chi connectivity index (χ1) is 13.4. The molecule has 0 saturated carbocycles. The molecule has 0 radical (unpaired) electrons. The SMILES string of the molecule is N/C=c1\ccc2c(c1)Oc1cc(CN)ccc1C=2c1ccccc1S(=O)(=O)[O-]. The van der Waals surface area contributed by atoms with Crippen molar-refractivity contribution in [1.29, 1.82) is 0 Å². The summed E-state index contributed by atoms with van der Waals surface area (Å²) in [5, 5.41) is 1.43. The summed E-state index contributed by atoms with van der Waals surface area (Å²) in [6.07, 6.45) is 1.45. The average Bonchev–Trinajstić information content (AvgIpc) is 2.70. The largest absolute Gasteiger partial charge is 0.744 e. The van der Waals surface area contributed by atoms with E-state index in [2.05, 4.69) is 0 Å². The van der Waals surface area contributed by atoms with Gasteiger partial charge < -0.3 is 20.8 Å². The maximum absolute atomic E-state index is 11.9. The second-order valence-electron chi connectivity index (χ2n) is 6.38. The number of hydrogen-bond donors (Lipinski definition) is 2. The van der Waals surface area contributed by atoms with Gasteiger partial charge in [-0.15, -0.1) is 0 Å². The molecule has 0 bridgehead atoms. The lowest BCUT2D eigenvalue weighted by atomic mass is 9.92. The van der Waals surface area contributed by atoms with Crippen molar-refractivity contribution < 1.29 is 17.7 Å². The van der Waals surface area contributed by atoms with Gasteiger partial charge in [-0.3, -0.25) is 0 Å². The summed E-state index contributed by atoms with van der Waals surface area (Å²) >= 11 is 0. The molecule has 0 aromatic heterocycles. The van der Waals surface area contributed by atoms with Crippen LogP contribution >= 0.6 is 0 Å². The van der Waals surface area contributed by atoms with E-state index in [9.17, 15) is 13.0 Å². The highest BCUT2D eigenvalue weighted by atomic mass is 32.2. The number of rotatable bonds is 3. The summed E-state index contributed by atoms with van der Waals surface area (Å²) in [6.45, 7) is 0.334. The fourth-order valence-electron chi connectivity index (χ4n) is 3.36. The van der Waals surface area contributed by atoms with Crippen LogP contribution in [0, 0.1) is 0 Å². The summed E-state index contributed by atoms with van der Waals surface area (Å²) in [6, 6.07) is 17.0. The van der Waals surface area contributed by atoms with E-state index in [-0.39, 0.29) is 4.90 Å². The van der Waals surface area contributed by atoms with Gasteiger partial charge in [-0.25, -0.2) is 8.42 Å². The van der Waals surface area contributed by atoms with E-state index in [1.54, 1.807) is 30.3 Å². The Bertz CT molecular complexity index is 1310. The molecule has 28 heavy (non-hydrogen) atoms. The third-order valence-corrected chi connectivity index (χ3v) is 5.56. The summed E-state index contributed by atoms with van der Waals surface area (Å²) < 4.78 is 41.7. The number of ether oxygens (including phenoxy) is 1. The van der Waals surface area contributed by atoms with Crippen molar-refractivity contribution in [2.45, 2.75) is 11.4 Å². The van der Waals surface area contributed by atoms with Gasteiger partial charge in [-0.05, 0) is 35.0 Å². The maximum atomic E-state index is 11.9. The quantitative estimate of drug-likeness (QED) is 0.503. The Hall–Kier alpha value is -3.13. The Labute approximate surface area is 162 Å². The molecule has 3 aromatic rings. The molecule has 142 valence electrons. The van der Waals surface area contributed by atoms with Crippen LogP contribution in [0.5, 0.6) is 11.5 Å². The molecule has 3 aromatic carbocycles. The van der Waals surface area contributed by atoms with E-state index in [0.29, 0.717) is 40.0 Å². The molecule has 0 unspecified atom stereocenters. The Balaban J connectivity index is 2.15. The van der Waals surface area contributed by atoms with Crippen molar-refractivity contribution >= 4 is 21.9 Å². The zero-order valence-electron chi connectivity index (χ0n) is 14.8. The summed E-state index contributed by atoms with van der Waals surface area (Å²) in [5.74, 6) is 1.06. The zero-order chi connectivity index (χ0) is 19.9. The number of fused-ring (bicyclic) bond motifs is 2. The molecule has 0 atom stereocenters.